The number of hydrogen-bond acceptors (Lipinski definition) is 5. The second-order valence-electron chi connectivity index (χ2n) is 14.7. The standard InChI is InChI=1S/C39H40F2N6O3/c1-20(43-38(48)35-27(40)4-3-5-28(35)41)22-8-9-23-16-33(45(32(23)15-22)19-21-6-7-21)37-44-30-14-24(17-34(50-2)36(30)47(37)25-10-11-25)39(49)46-26-12-13-31(46)29(42)18-26/h3-5,8-9,14-17,20-21,25-26,29,31H,6-7,10-13,18-19,42H2,1-2H3,(H,43,48)/t20-,26+,29-,31-/m1/s1. The van der Waals surface area contributed by atoms with Crippen LogP contribution in [0.4, 0.5) is 8.78 Å². The van der Waals surface area contributed by atoms with E-state index in [1.165, 1.54) is 6.07 Å². The third kappa shape index (κ3) is 5.08. The number of carbonyl (C=O) groups excluding carboxylic acids is 2. The van der Waals surface area contributed by atoms with Gasteiger partial charge in [-0.3, -0.25) is 9.59 Å². The summed E-state index contributed by atoms with van der Waals surface area (Å²) in [5.41, 5.74) is 10.8. The van der Waals surface area contributed by atoms with E-state index in [0.717, 1.165) is 103 Å². The Labute approximate surface area is 288 Å². The molecule has 11 heteroatoms. The van der Waals surface area contributed by atoms with Gasteiger partial charge in [0.25, 0.3) is 11.8 Å². The van der Waals surface area contributed by atoms with Gasteiger partial charge < -0.3 is 29.8 Å². The van der Waals surface area contributed by atoms with Crippen molar-refractivity contribution >= 4 is 33.8 Å². The lowest BCUT2D eigenvalue weighted by Crippen LogP contribution is -2.40. The number of halogens is 2. The predicted octanol–water partition coefficient (Wildman–Crippen LogP) is 6.88. The number of nitrogens with zero attached hydrogens (tertiary/aromatic N) is 4. The average Bonchev–Trinajstić information content (AvgIpc) is 3.98. The van der Waals surface area contributed by atoms with Crippen molar-refractivity contribution in [2.45, 2.75) is 88.6 Å². The molecule has 2 aliphatic carbocycles. The molecule has 2 saturated heterocycles. The van der Waals surface area contributed by atoms with Crippen LogP contribution in [0.3, 0.4) is 0 Å². The van der Waals surface area contributed by atoms with Crippen LogP contribution >= 0.6 is 0 Å². The van der Waals surface area contributed by atoms with Gasteiger partial charge in [0.15, 0.2) is 5.82 Å². The smallest absolute Gasteiger partial charge is 0.257 e. The maximum absolute atomic E-state index is 14.4. The van der Waals surface area contributed by atoms with Gasteiger partial charge in [-0.05, 0) is 99.7 Å². The number of hydrogen-bond donors (Lipinski definition) is 2. The summed E-state index contributed by atoms with van der Waals surface area (Å²) in [7, 11) is 1.65. The molecule has 9 rings (SSSR count). The summed E-state index contributed by atoms with van der Waals surface area (Å²) in [6.07, 6.45) is 7.15. The molecule has 3 aromatic carbocycles. The number of methoxy groups -OCH3 is 1. The highest BCUT2D eigenvalue weighted by Gasteiger charge is 2.47. The summed E-state index contributed by atoms with van der Waals surface area (Å²) in [5, 5.41) is 3.81. The zero-order chi connectivity index (χ0) is 34.4. The molecule has 5 aromatic rings. The van der Waals surface area contributed by atoms with E-state index in [1.807, 2.05) is 36.1 Å². The van der Waals surface area contributed by atoms with E-state index >= 15 is 0 Å². The average molecular weight is 679 g/mol. The monoisotopic (exact) mass is 678 g/mol. The number of ether oxygens (including phenoxy) is 1. The van der Waals surface area contributed by atoms with Crippen LogP contribution in [0.5, 0.6) is 5.75 Å². The topological polar surface area (TPSA) is 107 Å². The van der Waals surface area contributed by atoms with Crippen molar-refractivity contribution in [2.24, 2.45) is 11.7 Å². The third-order valence-corrected chi connectivity index (χ3v) is 11.3. The van der Waals surface area contributed by atoms with Crippen LogP contribution in [0, 0.1) is 17.6 Å². The Morgan fingerprint density at radius 2 is 1.76 bits per heavy atom. The van der Waals surface area contributed by atoms with Crippen LogP contribution in [0.25, 0.3) is 33.5 Å². The molecular weight excluding hydrogens is 638 g/mol. The SMILES string of the molecule is COc1cc(C(=O)N2[C@H]3CC[C@@H]2[C@H](N)C3)cc2nc(-c3cc4ccc([C@@H](C)NC(=O)c5c(F)cccc5F)cc4n3CC3CC3)n(C3CC3)c12. The maximum atomic E-state index is 14.4. The molecule has 0 radical (unpaired) electrons. The Balaban J connectivity index is 1.12. The molecule has 2 amide bonds. The van der Waals surface area contributed by atoms with Crippen LogP contribution in [0.1, 0.15) is 90.2 Å². The molecule has 4 aliphatic rings. The van der Waals surface area contributed by atoms with Crippen molar-refractivity contribution in [1.82, 2.24) is 24.3 Å². The van der Waals surface area contributed by atoms with Gasteiger partial charge in [-0.1, -0.05) is 18.2 Å². The number of benzene rings is 3. The zero-order valence-electron chi connectivity index (χ0n) is 28.2. The Morgan fingerprint density at radius 3 is 2.42 bits per heavy atom. The number of carbonyl (C=O) groups is 2. The number of aromatic nitrogens is 3. The molecule has 4 atom stereocenters. The molecule has 50 heavy (non-hydrogen) atoms. The number of imidazole rings is 1. The number of fused-ring (bicyclic) bond motifs is 4. The molecule has 2 bridgehead atoms. The van der Waals surface area contributed by atoms with E-state index in [-0.39, 0.29) is 30.1 Å². The summed E-state index contributed by atoms with van der Waals surface area (Å²) in [5.74, 6) is -0.582. The minimum atomic E-state index is -0.896. The minimum Gasteiger partial charge on any atom is -0.494 e. The highest BCUT2D eigenvalue weighted by molar-refractivity contribution is 6.01. The molecule has 258 valence electrons. The highest BCUT2D eigenvalue weighted by atomic mass is 19.1. The van der Waals surface area contributed by atoms with Gasteiger partial charge in [-0.15, -0.1) is 0 Å². The van der Waals surface area contributed by atoms with Crippen LogP contribution < -0.4 is 15.8 Å². The lowest BCUT2D eigenvalue weighted by Gasteiger charge is -2.23. The Bertz CT molecular complexity index is 2180. The van der Waals surface area contributed by atoms with E-state index in [2.05, 4.69) is 26.6 Å². The second-order valence-corrected chi connectivity index (χ2v) is 14.7. The first-order valence-corrected chi connectivity index (χ1v) is 17.8. The zero-order valence-corrected chi connectivity index (χ0v) is 28.2. The van der Waals surface area contributed by atoms with E-state index in [1.54, 1.807) is 7.11 Å². The fourth-order valence-corrected chi connectivity index (χ4v) is 8.39. The van der Waals surface area contributed by atoms with Gasteiger partial charge in [-0.2, -0.15) is 0 Å². The highest BCUT2D eigenvalue weighted by Crippen LogP contribution is 2.46. The number of nitrogens with two attached hydrogens (primary N) is 1. The number of nitrogens with one attached hydrogen (secondary N) is 1. The number of rotatable bonds is 9. The van der Waals surface area contributed by atoms with Crippen molar-refractivity contribution in [3.63, 3.8) is 0 Å². The van der Waals surface area contributed by atoms with Gasteiger partial charge >= 0.3 is 0 Å². The first-order chi connectivity index (χ1) is 24.2. The minimum absolute atomic E-state index is 0.0116. The Kier molecular flexibility index (Phi) is 7.28. The van der Waals surface area contributed by atoms with Gasteiger partial charge in [0.2, 0.25) is 0 Å². The normalized spacial score (nSPS) is 22.1. The molecule has 0 unspecified atom stereocenters. The van der Waals surface area contributed by atoms with Crippen LogP contribution in [0.15, 0.2) is 54.6 Å². The molecule has 0 spiro atoms. The summed E-state index contributed by atoms with van der Waals surface area (Å²) < 4.78 is 39.3. The van der Waals surface area contributed by atoms with Gasteiger partial charge in [0, 0.05) is 47.2 Å². The first-order valence-electron chi connectivity index (χ1n) is 17.8. The third-order valence-electron chi connectivity index (χ3n) is 11.3. The van der Waals surface area contributed by atoms with Crippen molar-refractivity contribution in [1.29, 1.82) is 0 Å². The van der Waals surface area contributed by atoms with Gasteiger partial charge in [-0.25, -0.2) is 13.8 Å². The molecule has 9 nitrogen and oxygen atoms in total. The second kappa shape index (κ2) is 11.7. The quantitative estimate of drug-likeness (QED) is 0.177. The first kappa shape index (κ1) is 31.2. The summed E-state index contributed by atoms with van der Waals surface area (Å²) in [4.78, 5) is 34.1. The lowest BCUT2D eigenvalue weighted by molar-refractivity contribution is 0.0726. The molecule has 2 aromatic heterocycles. The molecule has 3 N–H and O–H groups in total. The summed E-state index contributed by atoms with van der Waals surface area (Å²) in [6, 6.07) is 15.4. The maximum Gasteiger partial charge on any atom is 0.257 e. The fraction of sp³-hybridized carbons (Fsp3) is 0.410. The Morgan fingerprint density at radius 1 is 1.00 bits per heavy atom. The van der Waals surface area contributed by atoms with E-state index in [0.29, 0.717) is 17.2 Å². The predicted molar refractivity (Wildman–Crippen MR) is 186 cm³/mol. The van der Waals surface area contributed by atoms with Crippen molar-refractivity contribution in [3.8, 4) is 17.3 Å². The lowest BCUT2D eigenvalue weighted by atomic mass is 9.97. The van der Waals surface area contributed by atoms with Crippen molar-refractivity contribution < 1.29 is 23.1 Å². The van der Waals surface area contributed by atoms with E-state index in [9.17, 15) is 18.4 Å². The largest absolute Gasteiger partial charge is 0.494 e. The van der Waals surface area contributed by atoms with Crippen LogP contribution in [0.2, 0.25) is 0 Å². The molecule has 2 aliphatic heterocycles. The number of amides is 2. The molecule has 4 heterocycles. The van der Waals surface area contributed by atoms with Crippen molar-refractivity contribution in [3.05, 3.63) is 82.9 Å². The summed E-state index contributed by atoms with van der Waals surface area (Å²) in [6.45, 7) is 2.63. The van der Waals surface area contributed by atoms with Gasteiger partial charge in [0.05, 0.1) is 24.4 Å². The van der Waals surface area contributed by atoms with Crippen LogP contribution in [-0.2, 0) is 6.54 Å². The molecule has 2 saturated carbocycles. The molecular formula is C39H40F2N6O3. The molecule has 4 fully saturated rings. The Hall–Kier alpha value is -4.77. The fourth-order valence-electron chi connectivity index (χ4n) is 8.39. The van der Waals surface area contributed by atoms with Gasteiger partial charge in [0.1, 0.15) is 28.5 Å². The van der Waals surface area contributed by atoms with E-state index < -0.39 is 29.1 Å². The van der Waals surface area contributed by atoms with Crippen molar-refractivity contribution in [2.75, 3.05) is 7.11 Å². The van der Waals surface area contributed by atoms with Crippen LogP contribution in [-0.4, -0.2) is 56.1 Å². The van der Waals surface area contributed by atoms with E-state index in [4.69, 9.17) is 15.5 Å². The summed E-state index contributed by atoms with van der Waals surface area (Å²) >= 11 is 0.